The van der Waals surface area contributed by atoms with Gasteiger partial charge in [-0.05, 0) is 26.2 Å². The highest BCUT2D eigenvalue weighted by Crippen LogP contribution is 2.51. The largest absolute Gasteiger partial charge is 0.347 e. The number of ketones is 1. The van der Waals surface area contributed by atoms with Crippen molar-refractivity contribution in [2.24, 2.45) is 17.8 Å². The number of methoxy groups -OCH3 is 2. The third kappa shape index (κ3) is 1.53. The van der Waals surface area contributed by atoms with Crippen LogP contribution in [0, 0.1) is 17.8 Å². The van der Waals surface area contributed by atoms with Gasteiger partial charge in [-0.1, -0.05) is 23.8 Å². The van der Waals surface area contributed by atoms with Crippen LogP contribution in [-0.4, -0.2) is 25.8 Å². The van der Waals surface area contributed by atoms with Crippen molar-refractivity contribution >= 4 is 5.78 Å². The lowest BCUT2D eigenvalue weighted by Crippen LogP contribution is -2.60. The molecule has 0 aliphatic heterocycles. The summed E-state index contributed by atoms with van der Waals surface area (Å²) in [7, 11) is 3.09. The van der Waals surface area contributed by atoms with E-state index in [-0.39, 0.29) is 23.5 Å². The minimum Gasteiger partial charge on any atom is -0.347 e. The normalized spacial score (nSPS) is 34.7. The molecule has 0 amide bonds. The monoisotopic (exact) mass is 236 g/mol. The van der Waals surface area contributed by atoms with E-state index in [2.05, 4.69) is 12.7 Å². The molecule has 0 aromatic carbocycles. The molecule has 2 bridgehead atoms. The Balaban J connectivity index is 2.47. The molecule has 17 heavy (non-hydrogen) atoms. The second kappa shape index (κ2) is 4.07. The van der Waals surface area contributed by atoms with Crippen LogP contribution in [0.2, 0.25) is 0 Å². The van der Waals surface area contributed by atoms with E-state index in [1.165, 1.54) is 5.57 Å². The van der Waals surface area contributed by atoms with E-state index >= 15 is 0 Å². The summed E-state index contributed by atoms with van der Waals surface area (Å²) in [5.74, 6) is -0.934. The van der Waals surface area contributed by atoms with Gasteiger partial charge >= 0.3 is 0 Å². The molecule has 1 fully saturated rings. The molecule has 3 nitrogen and oxygen atoms in total. The molecule has 3 rings (SSSR count). The van der Waals surface area contributed by atoms with Crippen LogP contribution in [0.3, 0.4) is 0 Å². The zero-order chi connectivity index (χ0) is 12.8. The standard InChI is InChI=1S/C14H20O3/c1-8(2)10-7-12-9(3)6-11(10)13(15)14(12,16-4)17-5/h6,10-12H,1,7H2,2-5H3/t10-,11+,12+/m0/s1. The molecule has 0 N–H and O–H groups in total. The maximum Gasteiger partial charge on any atom is 0.235 e. The van der Waals surface area contributed by atoms with Crippen LogP contribution in [0.25, 0.3) is 0 Å². The van der Waals surface area contributed by atoms with Crippen LogP contribution in [0.1, 0.15) is 20.3 Å². The van der Waals surface area contributed by atoms with Crippen LogP contribution in [0.5, 0.6) is 0 Å². The molecule has 0 unspecified atom stereocenters. The van der Waals surface area contributed by atoms with Crippen molar-refractivity contribution in [3.05, 3.63) is 23.8 Å². The smallest absolute Gasteiger partial charge is 0.235 e. The average Bonchev–Trinajstić information content (AvgIpc) is 2.31. The van der Waals surface area contributed by atoms with Crippen LogP contribution in [0.4, 0.5) is 0 Å². The van der Waals surface area contributed by atoms with Crippen molar-refractivity contribution < 1.29 is 14.3 Å². The molecule has 3 atom stereocenters. The van der Waals surface area contributed by atoms with E-state index < -0.39 is 5.79 Å². The number of carbonyl (C=O) groups excluding carboxylic acids is 1. The van der Waals surface area contributed by atoms with Gasteiger partial charge in [-0.3, -0.25) is 4.79 Å². The van der Waals surface area contributed by atoms with Crippen molar-refractivity contribution in [3.63, 3.8) is 0 Å². The molecule has 3 aliphatic carbocycles. The van der Waals surface area contributed by atoms with Crippen molar-refractivity contribution in [1.29, 1.82) is 0 Å². The Kier molecular flexibility index (Phi) is 3.00. The quantitative estimate of drug-likeness (QED) is 0.557. The molecule has 0 spiro atoms. The van der Waals surface area contributed by atoms with Gasteiger partial charge in [0.25, 0.3) is 0 Å². The summed E-state index contributed by atoms with van der Waals surface area (Å²) in [6, 6.07) is 0. The number of hydrogen-bond acceptors (Lipinski definition) is 3. The number of carbonyl (C=O) groups is 1. The highest BCUT2D eigenvalue weighted by Gasteiger charge is 2.58. The van der Waals surface area contributed by atoms with Gasteiger partial charge in [0, 0.05) is 26.1 Å². The van der Waals surface area contributed by atoms with E-state index in [9.17, 15) is 4.79 Å². The topological polar surface area (TPSA) is 35.5 Å². The summed E-state index contributed by atoms with van der Waals surface area (Å²) < 4.78 is 10.9. The lowest BCUT2D eigenvalue weighted by molar-refractivity contribution is -0.240. The van der Waals surface area contributed by atoms with E-state index in [0.29, 0.717) is 0 Å². The van der Waals surface area contributed by atoms with Crippen molar-refractivity contribution in [2.45, 2.75) is 26.1 Å². The lowest BCUT2D eigenvalue weighted by atomic mass is 9.60. The molecule has 94 valence electrons. The van der Waals surface area contributed by atoms with E-state index in [4.69, 9.17) is 9.47 Å². The Hall–Kier alpha value is -0.930. The van der Waals surface area contributed by atoms with E-state index in [1.807, 2.05) is 13.8 Å². The number of fused-ring (bicyclic) bond motifs is 2. The summed E-state index contributed by atoms with van der Waals surface area (Å²) in [5, 5.41) is 0. The van der Waals surface area contributed by atoms with Crippen LogP contribution < -0.4 is 0 Å². The van der Waals surface area contributed by atoms with Crippen LogP contribution in [0.15, 0.2) is 23.8 Å². The van der Waals surface area contributed by atoms with Gasteiger partial charge in [0.05, 0.1) is 0 Å². The number of ether oxygens (including phenoxy) is 2. The average molecular weight is 236 g/mol. The predicted octanol–water partition coefficient (Wildman–Crippen LogP) is 2.33. The molecule has 3 heteroatoms. The maximum atomic E-state index is 12.5. The number of rotatable bonds is 3. The van der Waals surface area contributed by atoms with Crippen molar-refractivity contribution in [2.75, 3.05) is 14.2 Å². The van der Waals surface area contributed by atoms with Crippen LogP contribution in [-0.2, 0) is 14.3 Å². The Morgan fingerprint density at radius 3 is 2.53 bits per heavy atom. The Morgan fingerprint density at radius 1 is 1.47 bits per heavy atom. The molecule has 1 saturated carbocycles. The number of hydrogen-bond donors (Lipinski definition) is 0. The summed E-state index contributed by atoms with van der Waals surface area (Å²) >= 11 is 0. The van der Waals surface area contributed by atoms with E-state index in [0.717, 1.165) is 12.0 Å². The molecule has 0 aromatic heterocycles. The minimum absolute atomic E-state index is 0.0108. The first-order chi connectivity index (χ1) is 7.97. The fourth-order valence-electron chi connectivity index (χ4n) is 3.30. The molecular formula is C14H20O3. The summed E-state index contributed by atoms with van der Waals surface area (Å²) in [4.78, 5) is 12.5. The van der Waals surface area contributed by atoms with Gasteiger partial charge in [-0.15, -0.1) is 0 Å². The van der Waals surface area contributed by atoms with Gasteiger partial charge in [-0.25, -0.2) is 0 Å². The van der Waals surface area contributed by atoms with Gasteiger partial charge in [0.2, 0.25) is 5.79 Å². The fourth-order valence-corrected chi connectivity index (χ4v) is 3.30. The predicted molar refractivity (Wildman–Crippen MR) is 65.4 cm³/mol. The van der Waals surface area contributed by atoms with E-state index in [1.54, 1.807) is 14.2 Å². The Bertz CT molecular complexity index is 390. The second-order valence-electron chi connectivity index (χ2n) is 5.12. The Morgan fingerprint density at radius 2 is 2.06 bits per heavy atom. The lowest BCUT2D eigenvalue weighted by Gasteiger charge is -2.50. The van der Waals surface area contributed by atoms with Crippen LogP contribution >= 0.6 is 0 Å². The first-order valence-corrected chi connectivity index (χ1v) is 5.96. The summed E-state index contributed by atoms with van der Waals surface area (Å²) in [6.45, 7) is 8.03. The van der Waals surface area contributed by atoms with Gasteiger partial charge in [0.15, 0.2) is 5.78 Å². The van der Waals surface area contributed by atoms with Gasteiger partial charge in [-0.2, -0.15) is 0 Å². The minimum atomic E-state index is -1.07. The third-order valence-electron chi connectivity index (χ3n) is 4.26. The molecular weight excluding hydrogens is 216 g/mol. The third-order valence-corrected chi connectivity index (χ3v) is 4.26. The van der Waals surface area contributed by atoms with Crippen molar-refractivity contribution in [1.82, 2.24) is 0 Å². The molecule has 0 saturated heterocycles. The Labute approximate surface area is 102 Å². The van der Waals surface area contributed by atoms with Crippen molar-refractivity contribution in [3.8, 4) is 0 Å². The van der Waals surface area contributed by atoms with Gasteiger partial charge in [0.1, 0.15) is 0 Å². The molecule has 0 heterocycles. The highest BCUT2D eigenvalue weighted by atomic mass is 16.7. The zero-order valence-corrected chi connectivity index (χ0v) is 10.9. The van der Waals surface area contributed by atoms with Gasteiger partial charge < -0.3 is 9.47 Å². The molecule has 3 aliphatic rings. The maximum absolute atomic E-state index is 12.5. The second-order valence-corrected chi connectivity index (χ2v) is 5.12. The first-order valence-electron chi connectivity index (χ1n) is 5.96. The summed E-state index contributed by atoms with van der Waals surface area (Å²) in [6.07, 6.45) is 2.95. The molecule has 0 aromatic rings. The molecule has 0 radical (unpaired) electrons. The number of Topliss-reactive ketones (excluding diaryl/α,β-unsaturated/α-hetero) is 1. The first kappa shape index (κ1) is 12.5. The number of allylic oxidation sites excluding steroid dienone is 2. The summed E-state index contributed by atoms with van der Waals surface area (Å²) in [5.41, 5.74) is 2.26. The SMILES string of the molecule is C=C(C)[C@@H]1C[C@@H]2C(C)=C[C@H]1C(=O)C2(OC)OC. The highest BCUT2D eigenvalue weighted by molar-refractivity contribution is 5.93. The fraction of sp³-hybridized carbons (Fsp3) is 0.643. The zero-order valence-electron chi connectivity index (χ0n) is 10.9.